The Balaban J connectivity index is 1.86. The molecule has 2 atom stereocenters. The van der Waals surface area contributed by atoms with E-state index in [1.54, 1.807) is 0 Å². The van der Waals surface area contributed by atoms with Crippen molar-refractivity contribution in [3.8, 4) is 0 Å². The third kappa shape index (κ3) is 3.95. The summed E-state index contributed by atoms with van der Waals surface area (Å²) in [5, 5.41) is 14.3. The summed E-state index contributed by atoms with van der Waals surface area (Å²) in [4.78, 5) is 2.30. The van der Waals surface area contributed by atoms with Crippen molar-refractivity contribution < 1.29 is 5.11 Å². The normalized spacial score (nSPS) is 15.1. The maximum absolute atomic E-state index is 11.7. The Labute approximate surface area is 177 Å². The van der Waals surface area contributed by atoms with Crippen LogP contribution >= 0.6 is 11.3 Å². The first-order valence-electron chi connectivity index (χ1n) is 10.4. The van der Waals surface area contributed by atoms with E-state index >= 15 is 0 Å². The van der Waals surface area contributed by atoms with Crippen molar-refractivity contribution in [2.24, 2.45) is 0 Å². The van der Waals surface area contributed by atoms with Crippen LogP contribution in [0.25, 0.3) is 20.2 Å². The molecule has 4 aromatic rings. The fraction of sp³-hybridized carbons (Fsp3) is 0.308. The molecule has 150 valence electrons. The molecule has 0 aliphatic carbocycles. The van der Waals surface area contributed by atoms with Crippen molar-refractivity contribution in [1.82, 2.24) is 4.90 Å². The molecule has 1 N–H and O–H groups in total. The minimum absolute atomic E-state index is 0.0904. The third-order valence-electron chi connectivity index (χ3n) is 5.93. The van der Waals surface area contributed by atoms with Crippen molar-refractivity contribution in [2.45, 2.75) is 32.3 Å². The van der Waals surface area contributed by atoms with Gasteiger partial charge in [-0.05, 0) is 49.3 Å². The number of likely N-dealkylation sites (N-methyl/N-ethyl adjacent to an activating group) is 1. The summed E-state index contributed by atoms with van der Waals surface area (Å²) in [6.07, 6.45) is 0. The quantitative estimate of drug-likeness (QED) is 0.392. The molecule has 3 heteroatoms. The molecule has 0 radical (unpaired) electrons. The zero-order valence-corrected chi connectivity index (χ0v) is 18.2. The smallest absolute Gasteiger partial charge is 0.0854 e. The fourth-order valence-corrected chi connectivity index (χ4v) is 5.56. The molecule has 0 spiro atoms. The van der Waals surface area contributed by atoms with Crippen molar-refractivity contribution in [3.05, 3.63) is 83.9 Å². The molecule has 0 fully saturated rings. The van der Waals surface area contributed by atoms with Crippen molar-refractivity contribution in [1.29, 1.82) is 0 Å². The zero-order valence-electron chi connectivity index (χ0n) is 17.4. The lowest BCUT2D eigenvalue weighted by atomic mass is 9.77. The van der Waals surface area contributed by atoms with Gasteiger partial charge < -0.3 is 10.0 Å². The van der Waals surface area contributed by atoms with Gasteiger partial charge in [-0.25, -0.2) is 0 Å². The predicted octanol–water partition coefficient (Wildman–Crippen LogP) is 6.28. The molecule has 0 saturated heterocycles. The maximum Gasteiger partial charge on any atom is 0.0854 e. The van der Waals surface area contributed by atoms with Crippen LogP contribution in [0.1, 0.15) is 37.8 Å². The lowest BCUT2D eigenvalue weighted by Crippen LogP contribution is -2.45. The first kappa shape index (κ1) is 20.1. The summed E-state index contributed by atoms with van der Waals surface area (Å²) < 4.78 is 2.61. The highest BCUT2D eigenvalue weighted by atomic mass is 32.1. The Morgan fingerprint density at radius 3 is 2.21 bits per heavy atom. The second-order valence-corrected chi connectivity index (χ2v) is 9.10. The van der Waals surface area contributed by atoms with Crippen LogP contribution < -0.4 is 0 Å². The van der Waals surface area contributed by atoms with Crippen LogP contribution in [0.5, 0.6) is 0 Å². The van der Waals surface area contributed by atoms with E-state index in [9.17, 15) is 5.11 Å². The minimum Gasteiger partial charge on any atom is -0.388 e. The molecule has 0 saturated carbocycles. The number of aliphatic hydroxyl groups is 1. The van der Waals surface area contributed by atoms with Crippen LogP contribution in [-0.4, -0.2) is 35.2 Å². The van der Waals surface area contributed by atoms with Crippen LogP contribution in [0.2, 0.25) is 0 Å². The van der Waals surface area contributed by atoms with Crippen LogP contribution in [0.3, 0.4) is 0 Å². The van der Waals surface area contributed by atoms with Gasteiger partial charge in [-0.3, -0.25) is 0 Å². The summed E-state index contributed by atoms with van der Waals surface area (Å²) in [5.41, 5.74) is 1.44. The van der Waals surface area contributed by atoms with Gasteiger partial charge in [0, 0.05) is 32.6 Å². The summed E-state index contributed by atoms with van der Waals surface area (Å²) in [7, 11) is 0. The maximum atomic E-state index is 11.7. The van der Waals surface area contributed by atoms with Gasteiger partial charge in [0.15, 0.2) is 0 Å². The van der Waals surface area contributed by atoms with Crippen molar-refractivity contribution >= 4 is 31.5 Å². The van der Waals surface area contributed by atoms with Crippen LogP contribution in [0.4, 0.5) is 0 Å². The molecule has 2 unspecified atom stereocenters. The largest absolute Gasteiger partial charge is 0.388 e. The Bertz CT molecular complexity index is 1100. The zero-order chi connectivity index (χ0) is 20.4. The summed E-state index contributed by atoms with van der Waals surface area (Å²) in [6.45, 7) is 8.80. The third-order valence-corrected chi connectivity index (χ3v) is 7.08. The van der Waals surface area contributed by atoms with E-state index in [2.05, 4.69) is 85.5 Å². The van der Waals surface area contributed by atoms with Gasteiger partial charge in [-0.15, -0.1) is 11.3 Å². The van der Waals surface area contributed by atoms with E-state index in [4.69, 9.17) is 0 Å². The molecule has 1 heterocycles. The van der Waals surface area contributed by atoms with E-state index in [0.717, 1.165) is 18.7 Å². The van der Waals surface area contributed by atoms with Gasteiger partial charge in [0.05, 0.1) is 5.60 Å². The van der Waals surface area contributed by atoms with Crippen molar-refractivity contribution in [3.63, 3.8) is 0 Å². The number of rotatable bonds is 7. The average molecular weight is 404 g/mol. The van der Waals surface area contributed by atoms with Gasteiger partial charge in [0.2, 0.25) is 0 Å². The number of hydrogen-bond donors (Lipinski definition) is 1. The van der Waals surface area contributed by atoms with E-state index in [-0.39, 0.29) is 5.92 Å². The first-order valence-corrected chi connectivity index (χ1v) is 11.3. The number of fused-ring (bicyclic) bond motifs is 3. The molecule has 0 aliphatic rings. The number of benzene rings is 3. The van der Waals surface area contributed by atoms with Gasteiger partial charge >= 0.3 is 0 Å². The van der Waals surface area contributed by atoms with Crippen molar-refractivity contribution in [2.75, 3.05) is 19.6 Å². The number of nitrogens with zero attached hydrogens (tertiary/aromatic N) is 1. The van der Waals surface area contributed by atoms with Gasteiger partial charge in [-0.2, -0.15) is 0 Å². The summed E-state index contributed by atoms with van der Waals surface area (Å²) in [6, 6.07) is 25.7. The van der Waals surface area contributed by atoms with Crippen LogP contribution in [0, 0.1) is 0 Å². The Hall–Kier alpha value is -2.20. The lowest BCUT2D eigenvalue weighted by molar-refractivity contribution is 0.00823. The Morgan fingerprint density at radius 1 is 0.828 bits per heavy atom. The highest BCUT2D eigenvalue weighted by molar-refractivity contribution is 7.25. The molecule has 1 aromatic heterocycles. The van der Waals surface area contributed by atoms with E-state index in [1.807, 2.05) is 24.3 Å². The minimum atomic E-state index is -0.882. The van der Waals surface area contributed by atoms with Crippen LogP contribution in [-0.2, 0) is 0 Å². The summed E-state index contributed by atoms with van der Waals surface area (Å²) in [5.74, 6) is -0.0904. The summed E-state index contributed by atoms with van der Waals surface area (Å²) >= 11 is 1.83. The molecule has 0 amide bonds. The SMILES string of the molecule is CCN(CC)CC(C)(O)C(c1ccccc1)c1ccc2sc3ccccc3c2c1. The van der Waals surface area contributed by atoms with E-state index < -0.39 is 5.60 Å². The van der Waals surface area contributed by atoms with Gasteiger partial charge in [-0.1, -0.05) is 68.4 Å². The van der Waals surface area contributed by atoms with Crippen LogP contribution in [0.15, 0.2) is 72.8 Å². The molecule has 29 heavy (non-hydrogen) atoms. The molecule has 0 bridgehead atoms. The average Bonchev–Trinajstić information content (AvgIpc) is 3.11. The highest BCUT2D eigenvalue weighted by Crippen LogP contribution is 2.40. The monoisotopic (exact) mass is 403 g/mol. The fourth-order valence-electron chi connectivity index (χ4n) is 4.47. The first-order chi connectivity index (χ1) is 14.0. The van der Waals surface area contributed by atoms with E-state index in [0.29, 0.717) is 6.54 Å². The molecule has 0 aliphatic heterocycles. The Kier molecular flexibility index (Phi) is 5.73. The topological polar surface area (TPSA) is 23.5 Å². The Morgan fingerprint density at radius 2 is 1.48 bits per heavy atom. The molecule has 2 nitrogen and oxygen atoms in total. The van der Waals surface area contributed by atoms with Gasteiger partial charge in [0.1, 0.15) is 0 Å². The molecular formula is C26H29NOS. The second kappa shape index (κ2) is 8.27. The number of thiophene rings is 1. The highest BCUT2D eigenvalue weighted by Gasteiger charge is 2.35. The predicted molar refractivity (Wildman–Crippen MR) is 126 cm³/mol. The molecule has 3 aromatic carbocycles. The van der Waals surface area contributed by atoms with E-state index in [1.165, 1.54) is 25.7 Å². The molecular weight excluding hydrogens is 374 g/mol. The number of hydrogen-bond acceptors (Lipinski definition) is 3. The second-order valence-electron chi connectivity index (χ2n) is 8.02. The lowest BCUT2D eigenvalue weighted by Gasteiger charge is -2.37. The standard InChI is InChI=1S/C26H29NOS/c1-4-27(5-2)18-26(3,28)25(19-11-7-6-8-12-19)20-15-16-24-22(17-20)21-13-9-10-14-23(21)29-24/h6-17,25,28H,4-5,18H2,1-3H3. The molecule has 4 rings (SSSR count). The van der Waals surface area contributed by atoms with Gasteiger partial charge in [0.25, 0.3) is 0 Å².